The highest BCUT2D eigenvalue weighted by Crippen LogP contribution is 1.99. The Labute approximate surface area is 92.7 Å². The van der Waals surface area contributed by atoms with Gasteiger partial charge >= 0.3 is 6.03 Å². The number of amides is 2. The van der Waals surface area contributed by atoms with Crippen LogP contribution in [-0.4, -0.2) is 47.4 Å². The van der Waals surface area contributed by atoms with E-state index >= 15 is 0 Å². The Balaban J connectivity index is 1.78. The van der Waals surface area contributed by atoms with E-state index in [1.54, 1.807) is 11.8 Å². The zero-order valence-corrected chi connectivity index (χ0v) is 9.10. The molecule has 1 aliphatic rings. The first-order chi connectivity index (χ1) is 7.75. The Morgan fingerprint density at radius 2 is 2.25 bits per heavy atom. The molecule has 0 radical (unpaired) electrons. The summed E-state index contributed by atoms with van der Waals surface area (Å²) in [6, 6.07) is -0.126. The van der Waals surface area contributed by atoms with Gasteiger partial charge in [-0.25, -0.2) is 4.79 Å². The fourth-order valence-electron chi connectivity index (χ4n) is 1.44. The first kappa shape index (κ1) is 10.9. The fourth-order valence-corrected chi connectivity index (χ4v) is 1.44. The van der Waals surface area contributed by atoms with E-state index < -0.39 is 0 Å². The van der Waals surface area contributed by atoms with Crippen LogP contribution in [0.1, 0.15) is 11.7 Å². The van der Waals surface area contributed by atoms with E-state index in [1.165, 1.54) is 0 Å². The molecule has 0 atom stereocenters. The van der Waals surface area contributed by atoms with Crippen LogP contribution in [0.4, 0.5) is 4.79 Å². The molecule has 0 aliphatic carbocycles. The minimum Gasteiger partial charge on any atom is -0.378 e. The van der Waals surface area contributed by atoms with Crippen LogP contribution in [0.3, 0.4) is 0 Å². The number of carbonyl (C=O) groups excluding carboxylic acids is 1. The van der Waals surface area contributed by atoms with Gasteiger partial charge in [-0.15, -0.1) is 0 Å². The molecule has 7 nitrogen and oxygen atoms in total. The van der Waals surface area contributed by atoms with Gasteiger partial charge in [0.05, 0.1) is 19.8 Å². The van der Waals surface area contributed by atoms with E-state index in [0.29, 0.717) is 38.0 Å². The topological polar surface area (TPSA) is 80.5 Å². The molecule has 7 heteroatoms. The average molecular weight is 226 g/mol. The SMILES string of the molecule is Cc1noc(CNC(=O)N2CCOCC2)n1. The number of ether oxygens (including phenoxy) is 1. The van der Waals surface area contributed by atoms with Crippen molar-refractivity contribution in [1.29, 1.82) is 0 Å². The van der Waals surface area contributed by atoms with Crippen molar-refractivity contribution in [2.75, 3.05) is 26.3 Å². The summed E-state index contributed by atoms with van der Waals surface area (Å²) in [5.41, 5.74) is 0. The molecule has 1 aliphatic heterocycles. The van der Waals surface area contributed by atoms with Gasteiger partial charge in [0.1, 0.15) is 0 Å². The van der Waals surface area contributed by atoms with E-state index in [-0.39, 0.29) is 12.6 Å². The number of hydrogen-bond acceptors (Lipinski definition) is 5. The Bertz CT molecular complexity index is 359. The molecule has 2 rings (SSSR count). The summed E-state index contributed by atoms with van der Waals surface area (Å²) < 4.78 is 10.0. The normalized spacial score (nSPS) is 16.2. The molecule has 1 N–H and O–H groups in total. The van der Waals surface area contributed by atoms with E-state index in [0.717, 1.165) is 0 Å². The highest BCUT2D eigenvalue weighted by atomic mass is 16.5. The van der Waals surface area contributed by atoms with Crippen LogP contribution in [0.2, 0.25) is 0 Å². The number of nitrogens with one attached hydrogen (secondary N) is 1. The number of morpholine rings is 1. The molecular formula is C9H14N4O3. The lowest BCUT2D eigenvalue weighted by Crippen LogP contribution is -2.45. The van der Waals surface area contributed by atoms with Gasteiger partial charge in [-0.1, -0.05) is 5.16 Å². The predicted molar refractivity (Wildman–Crippen MR) is 53.7 cm³/mol. The molecule has 2 heterocycles. The second-order valence-corrected chi connectivity index (χ2v) is 3.49. The predicted octanol–water partition coefficient (Wildman–Crippen LogP) is -0.0802. The van der Waals surface area contributed by atoms with Gasteiger partial charge in [-0.05, 0) is 6.92 Å². The lowest BCUT2D eigenvalue weighted by molar-refractivity contribution is 0.0529. The summed E-state index contributed by atoms with van der Waals surface area (Å²) in [6.07, 6.45) is 0. The highest BCUT2D eigenvalue weighted by Gasteiger charge is 2.16. The molecule has 2 amide bonds. The maximum absolute atomic E-state index is 11.6. The summed E-state index contributed by atoms with van der Waals surface area (Å²) in [5, 5.41) is 6.35. The van der Waals surface area contributed by atoms with Crippen LogP contribution in [0, 0.1) is 6.92 Å². The molecule has 0 saturated carbocycles. The van der Waals surface area contributed by atoms with Crippen LogP contribution in [0.5, 0.6) is 0 Å². The first-order valence-electron chi connectivity index (χ1n) is 5.15. The van der Waals surface area contributed by atoms with Gasteiger partial charge in [-0.2, -0.15) is 4.98 Å². The van der Waals surface area contributed by atoms with Crippen LogP contribution in [0.25, 0.3) is 0 Å². The first-order valence-corrected chi connectivity index (χ1v) is 5.15. The third-order valence-corrected chi connectivity index (χ3v) is 2.26. The standard InChI is InChI=1S/C9H14N4O3/c1-7-11-8(16-12-7)6-10-9(14)13-2-4-15-5-3-13/h2-6H2,1H3,(H,10,14). The zero-order valence-electron chi connectivity index (χ0n) is 9.10. The number of carbonyl (C=O) groups is 1. The molecule has 0 unspecified atom stereocenters. The summed E-state index contributed by atoms with van der Waals surface area (Å²) in [5.74, 6) is 0.981. The maximum atomic E-state index is 11.6. The number of rotatable bonds is 2. The molecule has 88 valence electrons. The van der Waals surface area contributed by atoms with Crippen LogP contribution < -0.4 is 5.32 Å². The van der Waals surface area contributed by atoms with Crippen molar-refractivity contribution < 1.29 is 14.1 Å². The van der Waals surface area contributed by atoms with Gasteiger partial charge in [-0.3, -0.25) is 0 Å². The van der Waals surface area contributed by atoms with Gasteiger partial charge in [0, 0.05) is 13.1 Å². The Kier molecular flexibility index (Phi) is 3.35. The van der Waals surface area contributed by atoms with Crippen molar-refractivity contribution in [1.82, 2.24) is 20.4 Å². The van der Waals surface area contributed by atoms with Crippen molar-refractivity contribution in [2.24, 2.45) is 0 Å². The highest BCUT2D eigenvalue weighted by molar-refractivity contribution is 5.74. The number of urea groups is 1. The Hall–Kier alpha value is -1.63. The molecule has 1 aromatic heterocycles. The number of aryl methyl sites for hydroxylation is 1. The van der Waals surface area contributed by atoms with Crippen LogP contribution in [-0.2, 0) is 11.3 Å². The minimum absolute atomic E-state index is 0.126. The molecule has 1 fully saturated rings. The smallest absolute Gasteiger partial charge is 0.317 e. The summed E-state index contributed by atoms with van der Waals surface area (Å²) in [4.78, 5) is 17.3. The van der Waals surface area contributed by atoms with E-state index in [4.69, 9.17) is 9.26 Å². The van der Waals surface area contributed by atoms with Crippen molar-refractivity contribution in [3.8, 4) is 0 Å². The third-order valence-electron chi connectivity index (χ3n) is 2.26. The largest absolute Gasteiger partial charge is 0.378 e. The molecular weight excluding hydrogens is 212 g/mol. The van der Waals surface area contributed by atoms with E-state index in [2.05, 4.69) is 15.5 Å². The summed E-state index contributed by atoms with van der Waals surface area (Å²) >= 11 is 0. The molecule has 1 aromatic rings. The number of aromatic nitrogens is 2. The number of hydrogen-bond donors (Lipinski definition) is 1. The van der Waals surface area contributed by atoms with Gasteiger partial charge in [0.2, 0.25) is 5.89 Å². The summed E-state index contributed by atoms with van der Waals surface area (Å²) in [6.45, 7) is 4.41. The lowest BCUT2D eigenvalue weighted by atomic mass is 10.4. The monoisotopic (exact) mass is 226 g/mol. The third kappa shape index (κ3) is 2.69. The van der Waals surface area contributed by atoms with E-state index in [9.17, 15) is 4.79 Å². The van der Waals surface area contributed by atoms with Crippen LogP contribution in [0.15, 0.2) is 4.52 Å². The van der Waals surface area contributed by atoms with Gasteiger partial charge in [0.25, 0.3) is 0 Å². The van der Waals surface area contributed by atoms with Crippen molar-refractivity contribution in [3.05, 3.63) is 11.7 Å². The molecule has 0 spiro atoms. The molecule has 1 saturated heterocycles. The second kappa shape index (κ2) is 4.93. The number of nitrogens with zero attached hydrogens (tertiary/aromatic N) is 3. The molecule has 16 heavy (non-hydrogen) atoms. The van der Waals surface area contributed by atoms with Gasteiger partial charge < -0.3 is 19.5 Å². The minimum atomic E-state index is -0.126. The fraction of sp³-hybridized carbons (Fsp3) is 0.667. The second-order valence-electron chi connectivity index (χ2n) is 3.49. The Morgan fingerprint density at radius 3 is 2.88 bits per heavy atom. The van der Waals surface area contributed by atoms with Crippen molar-refractivity contribution >= 4 is 6.03 Å². The average Bonchev–Trinajstić information content (AvgIpc) is 2.73. The zero-order chi connectivity index (χ0) is 11.4. The quantitative estimate of drug-likeness (QED) is 0.762. The van der Waals surface area contributed by atoms with E-state index in [1.807, 2.05) is 0 Å². The van der Waals surface area contributed by atoms with Gasteiger partial charge in [0.15, 0.2) is 5.82 Å². The molecule has 0 aromatic carbocycles. The van der Waals surface area contributed by atoms with Crippen molar-refractivity contribution in [3.63, 3.8) is 0 Å². The lowest BCUT2D eigenvalue weighted by Gasteiger charge is -2.26. The maximum Gasteiger partial charge on any atom is 0.317 e. The summed E-state index contributed by atoms with van der Waals surface area (Å²) in [7, 11) is 0. The molecule has 0 bridgehead atoms. The van der Waals surface area contributed by atoms with Crippen molar-refractivity contribution in [2.45, 2.75) is 13.5 Å². The Morgan fingerprint density at radius 1 is 1.50 bits per heavy atom. The van der Waals surface area contributed by atoms with Crippen LogP contribution >= 0.6 is 0 Å².